The Morgan fingerprint density at radius 3 is 1.75 bits per heavy atom. The van der Waals surface area contributed by atoms with Crippen LogP contribution >= 0.6 is 0 Å². The molecule has 3 heteroatoms. The molecular formula is C33H40N2O. The van der Waals surface area contributed by atoms with Crippen molar-refractivity contribution >= 4 is 11.4 Å². The van der Waals surface area contributed by atoms with Crippen LogP contribution in [-0.2, 0) is 16.8 Å². The van der Waals surface area contributed by atoms with Gasteiger partial charge in [0.1, 0.15) is 0 Å². The summed E-state index contributed by atoms with van der Waals surface area (Å²) in [5.41, 5.74) is 9.76. The van der Waals surface area contributed by atoms with Gasteiger partial charge in [0.15, 0.2) is 0 Å². The molecule has 3 aromatic carbocycles. The summed E-state index contributed by atoms with van der Waals surface area (Å²) in [4.78, 5) is 5.13. The van der Waals surface area contributed by atoms with Crippen LogP contribution in [-0.4, -0.2) is 32.3 Å². The summed E-state index contributed by atoms with van der Waals surface area (Å²) in [6, 6.07) is 25.1. The van der Waals surface area contributed by atoms with E-state index in [1.165, 1.54) is 91.1 Å². The van der Waals surface area contributed by atoms with Crippen LogP contribution in [0.1, 0.15) is 80.2 Å². The SMILES string of the molecule is CC(OCc1ccccc1)C1c2ccc(N3CCCC3)cc2C(C)(C)c2cc(N3CCCC3)ccc21. The highest BCUT2D eigenvalue weighted by atomic mass is 16.5. The van der Waals surface area contributed by atoms with Crippen molar-refractivity contribution in [1.82, 2.24) is 0 Å². The summed E-state index contributed by atoms with van der Waals surface area (Å²) < 4.78 is 6.59. The molecule has 1 atom stereocenters. The first kappa shape index (κ1) is 23.6. The molecule has 2 heterocycles. The molecule has 1 aliphatic carbocycles. The molecule has 0 aromatic heterocycles. The van der Waals surface area contributed by atoms with Gasteiger partial charge in [0, 0.05) is 48.9 Å². The predicted molar refractivity (Wildman–Crippen MR) is 150 cm³/mol. The molecule has 3 aromatic rings. The Morgan fingerprint density at radius 1 is 0.750 bits per heavy atom. The normalized spacial score (nSPS) is 19.9. The van der Waals surface area contributed by atoms with Crippen molar-refractivity contribution in [3.05, 3.63) is 94.5 Å². The van der Waals surface area contributed by atoms with Gasteiger partial charge in [-0.3, -0.25) is 0 Å². The molecule has 36 heavy (non-hydrogen) atoms. The fraction of sp³-hybridized carbons (Fsp3) is 0.455. The predicted octanol–water partition coefficient (Wildman–Crippen LogP) is 7.26. The molecular weight excluding hydrogens is 440 g/mol. The number of fused-ring (bicyclic) bond motifs is 2. The van der Waals surface area contributed by atoms with E-state index in [0.29, 0.717) is 6.61 Å². The third-order valence-electron chi connectivity index (χ3n) is 8.86. The Morgan fingerprint density at radius 2 is 1.25 bits per heavy atom. The highest BCUT2D eigenvalue weighted by Crippen LogP contribution is 2.50. The lowest BCUT2D eigenvalue weighted by molar-refractivity contribution is 0.0413. The first-order chi connectivity index (χ1) is 17.5. The molecule has 0 spiro atoms. The Labute approximate surface area is 217 Å². The van der Waals surface area contributed by atoms with E-state index in [1.54, 1.807) is 0 Å². The number of hydrogen-bond acceptors (Lipinski definition) is 3. The molecule has 2 aliphatic heterocycles. The molecule has 0 bridgehead atoms. The molecule has 0 radical (unpaired) electrons. The topological polar surface area (TPSA) is 15.7 Å². The van der Waals surface area contributed by atoms with Gasteiger partial charge in [-0.25, -0.2) is 0 Å². The second kappa shape index (κ2) is 9.59. The summed E-state index contributed by atoms with van der Waals surface area (Å²) in [6.07, 6.45) is 5.28. The molecule has 2 saturated heterocycles. The zero-order valence-corrected chi connectivity index (χ0v) is 22.2. The van der Waals surface area contributed by atoms with E-state index in [1.807, 2.05) is 0 Å². The maximum Gasteiger partial charge on any atom is 0.0720 e. The fourth-order valence-corrected chi connectivity index (χ4v) is 6.77. The Bertz CT molecular complexity index is 1140. The van der Waals surface area contributed by atoms with Crippen molar-refractivity contribution in [2.24, 2.45) is 0 Å². The van der Waals surface area contributed by atoms with Gasteiger partial charge in [0.2, 0.25) is 0 Å². The van der Waals surface area contributed by atoms with Gasteiger partial charge in [0.05, 0.1) is 12.7 Å². The van der Waals surface area contributed by atoms with Gasteiger partial charge >= 0.3 is 0 Å². The summed E-state index contributed by atoms with van der Waals surface area (Å²) in [7, 11) is 0. The largest absolute Gasteiger partial charge is 0.373 e. The van der Waals surface area contributed by atoms with Crippen LogP contribution < -0.4 is 9.80 Å². The molecule has 2 fully saturated rings. The molecule has 0 amide bonds. The molecule has 0 N–H and O–H groups in total. The van der Waals surface area contributed by atoms with Crippen LogP contribution in [0.4, 0.5) is 11.4 Å². The molecule has 188 valence electrons. The minimum absolute atomic E-state index is 0.0498. The third kappa shape index (κ3) is 4.22. The minimum Gasteiger partial charge on any atom is -0.373 e. The van der Waals surface area contributed by atoms with Crippen LogP contribution in [0.15, 0.2) is 66.7 Å². The highest BCUT2D eigenvalue weighted by Gasteiger charge is 2.40. The Hall–Kier alpha value is -2.78. The molecule has 0 saturated carbocycles. The van der Waals surface area contributed by atoms with Crippen LogP contribution in [0, 0.1) is 0 Å². The fourth-order valence-electron chi connectivity index (χ4n) is 6.77. The van der Waals surface area contributed by atoms with Gasteiger partial charge in [0.25, 0.3) is 0 Å². The summed E-state index contributed by atoms with van der Waals surface area (Å²) in [6.45, 7) is 12.5. The van der Waals surface area contributed by atoms with Gasteiger partial charge in [-0.15, -0.1) is 0 Å². The van der Waals surface area contributed by atoms with Crippen molar-refractivity contribution in [2.45, 2.75) is 70.5 Å². The van der Waals surface area contributed by atoms with Gasteiger partial charge in [-0.05, 0) is 84.7 Å². The lowest BCUT2D eigenvalue weighted by Gasteiger charge is -2.42. The van der Waals surface area contributed by atoms with E-state index in [4.69, 9.17) is 4.74 Å². The summed E-state index contributed by atoms with van der Waals surface area (Å²) in [5, 5.41) is 0. The Balaban J connectivity index is 1.42. The quantitative estimate of drug-likeness (QED) is 0.369. The number of ether oxygens (including phenoxy) is 1. The van der Waals surface area contributed by atoms with Crippen molar-refractivity contribution < 1.29 is 4.74 Å². The standard InChI is InChI=1S/C33H40N2O/c1-24(36-23-25-11-5-4-6-12-25)32-28-15-13-26(34-17-7-8-18-34)21-30(28)33(2,3)31-22-27(14-16-29(31)32)35-19-9-10-20-35/h4-6,11-16,21-22,24,32H,7-10,17-20,23H2,1-3H3. The van der Waals surface area contributed by atoms with Crippen LogP contribution in [0.3, 0.4) is 0 Å². The van der Waals surface area contributed by atoms with Gasteiger partial charge < -0.3 is 14.5 Å². The lowest BCUT2D eigenvalue weighted by Crippen LogP contribution is -2.34. The second-order valence-corrected chi connectivity index (χ2v) is 11.5. The number of anilines is 2. The summed E-state index contributed by atoms with van der Waals surface area (Å²) >= 11 is 0. The van der Waals surface area contributed by atoms with Crippen LogP contribution in [0.25, 0.3) is 0 Å². The van der Waals surface area contributed by atoms with E-state index in [-0.39, 0.29) is 17.4 Å². The van der Waals surface area contributed by atoms with E-state index in [9.17, 15) is 0 Å². The minimum atomic E-state index is -0.0498. The van der Waals surface area contributed by atoms with E-state index < -0.39 is 0 Å². The lowest BCUT2D eigenvalue weighted by atomic mass is 9.64. The van der Waals surface area contributed by atoms with Crippen molar-refractivity contribution in [3.8, 4) is 0 Å². The number of rotatable bonds is 6. The van der Waals surface area contributed by atoms with E-state index in [0.717, 1.165) is 0 Å². The van der Waals surface area contributed by atoms with E-state index >= 15 is 0 Å². The van der Waals surface area contributed by atoms with Crippen molar-refractivity contribution in [3.63, 3.8) is 0 Å². The zero-order valence-electron chi connectivity index (χ0n) is 22.2. The van der Waals surface area contributed by atoms with E-state index in [2.05, 4.69) is 97.3 Å². The van der Waals surface area contributed by atoms with Crippen molar-refractivity contribution in [1.29, 1.82) is 0 Å². The molecule has 3 nitrogen and oxygen atoms in total. The zero-order chi connectivity index (χ0) is 24.7. The number of benzene rings is 3. The van der Waals surface area contributed by atoms with Gasteiger partial charge in [-0.1, -0.05) is 56.3 Å². The summed E-state index contributed by atoms with van der Waals surface area (Å²) in [5.74, 6) is 0.229. The number of nitrogens with zero attached hydrogens (tertiary/aromatic N) is 2. The molecule has 6 rings (SSSR count). The van der Waals surface area contributed by atoms with Crippen LogP contribution in [0.5, 0.6) is 0 Å². The average molecular weight is 481 g/mol. The monoisotopic (exact) mass is 480 g/mol. The Kier molecular flexibility index (Phi) is 6.29. The maximum atomic E-state index is 6.59. The first-order valence-corrected chi connectivity index (χ1v) is 14.0. The molecule has 3 aliphatic rings. The third-order valence-corrected chi connectivity index (χ3v) is 8.86. The number of hydrogen-bond donors (Lipinski definition) is 0. The second-order valence-electron chi connectivity index (χ2n) is 11.5. The smallest absolute Gasteiger partial charge is 0.0720 e. The maximum absolute atomic E-state index is 6.59. The van der Waals surface area contributed by atoms with Crippen LogP contribution in [0.2, 0.25) is 0 Å². The highest BCUT2D eigenvalue weighted by molar-refractivity contribution is 5.65. The van der Waals surface area contributed by atoms with Crippen molar-refractivity contribution in [2.75, 3.05) is 36.0 Å². The average Bonchev–Trinajstić information content (AvgIpc) is 3.63. The van der Waals surface area contributed by atoms with Gasteiger partial charge in [-0.2, -0.15) is 0 Å². The molecule has 1 unspecified atom stereocenters. The first-order valence-electron chi connectivity index (χ1n) is 14.0.